The smallest absolute Gasteiger partial charge is 0.397 e. The van der Waals surface area contributed by atoms with Crippen LogP contribution < -0.4 is 0 Å². The van der Waals surface area contributed by atoms with Crippen LogP contribution in [0, 0.1) is 5.92 Å². The number of rotatable bonds is 1. The number of amides is 1. The molecule has 1 heterocycles. The molecule has 0 saturated carbocycles. The topological polar surface area (TPSA) is 46.6 Å². The minimum Gasteiger partial charge on any atom is -0.456 e. The number of esters is 1. The van der Waals surface area contributed by atoms with Crippen molar-refractivity contribution in [3.63, 3.8) is 0 Å². The van der Waals surface area contributed by atoms with E-state index in [1.807, 2.05) is 13.8 Å². The Morgan fingerprint density at radius 3 is 2.58 bits per heavy atom. The monoisotopic (exact) mass is 171 g/mol. The van der Waals surface area contributed by atoms with Gasteiger partial charge in [0.05, 0.1) is 6.04 Å². The third kappa shape index (κ3) is 1.42. The maximum Gasteiger partial charge on any atom is 0.397 e. The van der Waals surface area contributed by atoms with Gasteiger partial charge in [0.15, 0.2) is 0 Å². The minimum atomic E-state index is -0.741. The van der Waals surface area contributed by atoms with E-state index in [1.54, 1.807) is 7.05 Å². The van der Waals surface area contributed by atoms with Crippen molar-refractivity contribution in [3.05, 3.63) is 0 Å². The largest absolute Gasteiger partial charge is 0.456 e. The highest BCUT2D eigenvalue weighted by atomic mass is 16.5. The number of nitrogens with zero attached hydrogens (tertiary/aromatic N) is 1. The Hall–Kier alpha value is -1.06. The first-order valence-corrected chi connectivity index (χ1v) is 3.98. The molecule has 1 amide bonds. The van der Waals surface area contributed by atoms with Gasteiger partial charge < -0.3 is 9.64 Å². The van der Waals surface area contributed by atoms with Crippen molar-refractivity contribution in [1.29, 1.82) is 0 Å². The molecule has 1 aliphatic rings. The lowest BCUT2D eigenvalue weighted by atomic mass is 10.0. The second-order valence-electron chi connectivity index (χ2n) is 3.33. The number of ether oxygens (including phenoxy) is 1. The molecule has 68 valence electrons. The lowest BCUT2D eigenvalue weighted by molar-refractivity contribution is -0.170. The zero-order valence-electron chi connectivity index (χ0n) is 7.53. The molecule has 1 atom stereocenters. The molecule has 1 saturated heterocycles. The fraction of sp³-hybridized carbons (Fsp3) is 0.750. The van der Waals surface area contributed by atoms with Gasteiger partial charge in [0, 0.05) is 7.05 Å². The first-order valence-electron chi connectivity index (χ1n) is 3.98. The molecule has 1 rings (SSSR count). The molecule has 12 heavy (non-hydrogen) atoms. The number of morpholine rings is 1. The van der Waals surface area contributed by atoms with E-state index in [0.29, 0.717) is 12.5 Å². The minimum absolute atomic E-state index is 0.0233. The van der Waals surface area contributed by atoms with E-state index in [0.717, 1.165) is 0 Å². The normalized spacial score (nSPS) is 24.7. The van der Waals surface area contributed by atoms with Gasteiger partial charge in [-0.2, -0.15) is 0 Å². The van der Waals surface area contributed by atoms with Crippen LogP contribution in [-0.2, 0) is 14.3 Å². The van der Waals surface area contributed by atoms with Gasteiger partial charge in [0.1, 0.15) is 6.61 Å². The standard InChI is InChI=1S/C8H13NO3/c1-5(2)6-4-12-8(11)7(10)9(6)3/h5-6H,4H2,1-3H3. The summed E-state index contributed by atoms with van der Waals surface area (Å²) in [7, 11) is 1.63. The van der Waals surface area contributed by atoms with Crippen LogP contribution in [-0.4, -0.2) is 36.5 Å². The van der Waals surface area contributed by atoms with Crippen LogP contribution >= 0.6 is 0 Å². The molecule has 1 aliphatic heterocycles. The number of carbonyl (C=O) groups excluding carboxylic acids is 2. The number of likely N-dealkylation sites (N-methyl/N-ethyl adjacent to an activating group) is 1. The quantitative estimate of drug-likeness (QED) is 0.413. The molecular weight excluding hydrogens is 158 g/mol. The average molecular weight is 171 g/mol. The summed E-state index contributed by atoms with van der Waals surface area (Å²) in [4.78, 5) is 23.3. The predicted molar refractivity (Wildman–Crippen MR) is 42.4 cm³/mol. The summed E-state index contributed by atoms with van der Waals surface area (Å²) < 4.78 is 4.70. The van der Waals surface area contributed by atoms with E-state index in [9.17, 15) is 9.59 Å². The van der Waals surface area contributed by atoms with Gasteiger partial charge in [-0.15, -0.1) is 0 Å². The van der Waals surface area contributed by atoms with Crippen molar-refractivity contribution in [3.8, 4) is 0 Å². The summed E-state index contributed by atoms with van der Waals surface area (Å²) in [6, 6.07) is 0.0233. The van der Waals surface area contributed by atoms with Crippen molar-refractivity contribution in [2.75, 3.05) is 13.7 Å². The van der Waals surface area contributed by atoms with E-state index >= 15 is 0 Å². The molecule has 1 fully saturated rings. The summed E-state index contributed by atoms with van der Waals surface area (Å²) in [5, 5.41) is 0. The Labute approximate surface area is 71.5 Å². The van der Waals surface area contributed by atoms with Crippen LogP contribution in [0.25, 0.3) is 0 Å². The first kappa shape index (κ1) is 9.03. The summed E-state index contributed by atoms with van der Waals surface area (Å²) in [6.45, 7) is 4.31. The van der Waals surface area contributed by atoms with Gasteiger partial charge >= 0.3 is 11.9 Å². The summed E-state index contributed by atoms with van der Waals surface area (Å²) >= 11 is 0. The zero-order valence-corrected chi connectivity index (χ0v) is 7.53. The van der Waals surface area contributed by atoms with Crippen molar-refractivity contribution in [2.24, 2.45) is 5.92 Å². The first-order chi connectivity index (χ1) is 5.54. The molecular formula is C8H13NO3. The van der Waals surface area contributed by atoms with Gasteiger partial charge in [-0.1, -0.05) is 13.8 Å². The number of cyclic esters (lactones) is 1. The maximum atomic E-state index is 11.1. The van der Waals surface area contributed by atoms with Crippen LogP contribution in [0.15, 0.2) is 0 Å². The number of hydrogen-bond acceptors (Lipinski definition) is 3. The van der Waals surface area contributed by atoms with E-state index in [2.05, 4.69) is 0 Å². The highest BCUT2D eigenvalue weighted by molar-refractivity contribution is 6.32. The van der Waals surface area contributed by atoms with Crippen LogP contribution in [0.5, 0.6) is 0 Å². The Morgan fingerprint density at radius 2 is 2.08 bits per heavy atom. The molecule has 0 aromatic carbocycles. The Kier molecular flexibility index (Phi) is 2.35. The predicted octanol–water partition coefficient (Wildman–Crippen LogP) is 0.0262. The third-order valence-corrected chi connectivity index (χ3v) is 2.15. The maximum absolute atomic E-state index is 11.1. The van der Waals surface area contributed by atoms with Crippen molar-refractivity contribution in [2.45, 2.75) is 19.9 Å². The van der Waals surface area contributed by atoms with Crippen LogP contribution in [0.2, 0.25) is 0 Å². The molecule has 0 radical (unpaired) electrons. The van der Waals surface area contributed by atoms with Gasteiger partial charge in [-0.25, -0.2) is 4.79 Å². The second kappa shape index (κ2) is 3.13. The molecule has 0 N–H and O–H groups in total. The van der Waals surface area contributed by atoms with Crippen molar-refractivity contribution in [1.82, 2.24) is 4.90 Å². The number of hydrogen-bond donors (Lipinski definition) is 0. The van der Waals surface area contributed by atoms with Crippen molar-refractivity contribution >= 4 is 11.9 Å². The fourth-order valence-electron chi connectivity index (χ4n) is 1.27. The van der Waals surface area contributed by atoms with Crippen molar-refractivity contribution < 1.29 is 14.3 Å². The highest BCUT2D eigenvalue weighted by Crippen LogP contribution is 2.14. The summed E-state index contributed by atoms with van der Waals surface area (Å²) in [5.41, 5.74) is 0. The van der Waals surface area contributed by atoms with Gasteiger partial charge in [0.25, 0.3) is 0 Å². The lowest BCUT2D eigenvalue weighted by Crippen LogP contribution is -2.51. The molecule has 4 heteroatoms. The molecule has 0 aromatic heterocycles. The van der Waals surface area contributed by atoms with Gasteiger partial charge in [0.2, 0.25) is 0 Å². The Balaban J connectivity index is 2.71. The Bertz CT molecular complexity index is 212. The Morgan fingerprint density at radius 1 is 1.50 bits per heavy atom. The fourth-order valence-corrected chi connectivity index (χ4v) is 1.27. The zero-order chi connectivity index (χ0) is 9.30. The summed E-state index contributed by atoms with van der Waals surface area (Å²) in [6.07, 6.45) is 0. The van der Waals surface area contributed by atoms with E-state index < -0.39 is 11.9 Å². The third-order valence-electron chi connectivity index (χ3n) is 2.15. The summed E-state index contributed by atoms with van der Waals surface area (Å²) in [5.74, 6) is -0.971. The second-order valence-corrected chi connectivity index (χ2v) is 3.33. The molecule has 4 nitrogen and oxygen atoms in total. The highest BCUT2D eigenvalue weighted by Gasteiger charge is 2.34. The average Bonchev–Trinajstić information content (AvgIpc) is 2.00. The van der Waals surface area contributed by atoms with E-state index in [-0.39, 0.29) is 6.04 Å². The molecule has 0 bridgehead atoms. The molecule has 0 aliphatic carbocycles. The van der Waals surface area contributed by atoms with Gasteiger partial charge in [-0.05, 0) is 5.92 Å². The van der Waals surface area contributed by atoms with Crippen LogP contribution in [0.4, 0.5) is 0 Å². The van der Waals surface area contributed by atoms with E-state index in [4.69, 9.17) is 4.74 Å². The molecule has 0 aromatic rings. The molecule has 1 unspecified atom stereocenters. The lowest BCUT2D eigenvalue weighted by Gasteiger charge is -2.33. The van der Waals surface area contributed by atoms with Gasteiger partial charge in [-0.3, -0.25) is 4.79 Å². The SMILES string of the molecule is CC(C)C1COC(=O)C(=O)N1C. The van der Waals surface area contributed by atoms with Crippen LogP contribution in [0.1, 0.15) is 13.8 Å². The number of carbonyl (C=O) groups is 2. The molecule has 0 spiro atoms. The van der Waals surface area contributed by atoms with Crippen LogP contribution in [0.3, 0.4) is 0 Å². The van der Waals surface area contributed by atoms with E-state index in [1.165, 1.54) is 4.90 Å².